The summed E-state index contributed by atoms with van der Waals surface area (Å²) in [6, 6.07) is 0. The average molecular weight is 617 g/mol. The zero-order chi connectivity index (χ0) is 31.7. The van der Waals surface area contributed by atoms with Gasteiger partial charge in [-0.3, -0.25) is 4.99 Å². The van der Waals surface area contributed by atoms with Crippen LogP contribution in [0.2, 0.25) is 0 Å². The van der Waals surface area contributed by atoms with E-state index in [1.807, 2.05) is 11.1 Å². The third-order valence-electron chi connectivity index (χ3n) is 12.3. The fraction of sp³-hybridized carbons (Fsp3) is 0.824. The summed E-state index contributed by atoms with van der Waals surface area (Å²) in [5.41, 5.74) is 4.83. The number of aliphatic hydroxyl groups is 3. The van der Waals surface area contributed by atoms with Crippen LogP contribution >= 0.6 is 0 Å². The van der Waals surface area contributed by atoms with E-state index in [2.05, 4.69) is 30.2 Å². The van der Waals surface area contributed by atoms with Gasteiger partial charge in [0.2, 0.25) is 0 Å². The molecule has 5 aliphatic rings. The van der Waals surface area contributed by atoms with Crippen molar-refractivity contribution in [2.24, 2.45) is 45.2 Å². The number of nitrogens with two attached hydrogens (primary N) is 1. The maximum absolute atomic E-state index is 13.2. The smallest absolute Gasteiger partial charge is 0.334 e. The van der Waals surface area contributed by atoms with Crippen LogP contribution < -0.4 is 11.1 Å². The van der Waals surface area contributed by atoms with E-state index < -0.39 is 23.1 Å². The molecule has 0 saturated heterocycles. The van der Waals surface area contributed by atoms with Gasteiger partial charge in [0.1, 0.15) is 5.60 Å². The van der Waals surface area contributed by atoms with Crippen LogP contribution in [0.4, 0.5) is 0 Å². The molecule has 0 aromatic heterocycles. The van der Waals surface area contributed by atoms with Crippen molar-refractivity contribution in [2.75, 3.05) is 39.9 Å². The predicted molar refractivity (Wildman–Crippen MR) is 170 cm³/mol. The minimum absolute atomic E-state index is 0.0384. The molecule has 1 aliphatic heterocycles. The van der Waals surface area contributed by atoms with Crippen molar-refractivity contribution in [1.82, 2.24) is 10.2 Å². The van der Waals surface area contributed by atoms with Gasteiger partial charge in [-0.25, -0.2) is 4.79 Å². The van der Waals surface area contributed by atoms with Crippen molar-refractivity contribution in [1.29, 1.82) is 0 Å². The number of guanidine groups is 1. The number of ether oxygens (including phenoxy) is 1. The van der Waals surface area contributed by atoms with Crippen molar-refractivity contribution in [3.05, 3.63) is 23.4 Å². The Labute approximate surface area is 262 Å². The Morgan fingerprint density at radius 1 is 1.25 bits per heavy atom. The number of unbranched alkanes of at least 4 members (excludes halogenated alkanes) is 2. The number of hydrogen-bond donors (Lipinski definition) is 6. The summed E-state index contributed by atoms with van der Waals surface area (Å²) in [5.74, 6) is 0.0772. The molecular weight excluding hydrogens is 560 g/mol. The van der Waals surface area contributed by atoms with Crippen LogP contribution in [0.25, 0.3) is 0 Å². The van der Waals surface area contributed by atoms with Crippen LogP contribution in [0.15, 0.2) is 28.4 Å². The normalized spacial score (nSPS) is 40.2. The summed E-state index contributed by atoms with van der Waals surface area (Å²) in [7, 11) is 1.68. The molecule has 0 radical (unpaired) electrons. The second-order valence-electron chi connectivity index (χ2n) is 14.4. The molecule has 3 fully saturated rings. The molecule has 1 heterocycles. The summed E-state index contributed by atoms with van der Waals surface area (Å²) in [6.07, 6.45) is 13.0. The highest BCUT2D eigenvalue weighted by molar-refractivity contribution is 5.92. The van der Waals surface area contributed by atoms with Gasteiger partial charge in [0.25, 0.3) is 0 Å². The van der Waals surface area contributed by atoms with Gasteiger partial charge in [-0.2, -0.15) is 0 Å². The molecule has 248 valence electrons. The fourth-order valence-electron chi connectivity index (χ4n) is 10.3. The number of nitrogens with zero attached hydrogens (tertiary/aromatic N) is 2. The van der Waals surface area contributed by atoms with E-state index in [0.717, 1.165) is 56.9 Å². The third-order valence-corrected chi connectivity index (χ3v) is 12.3. The largest absolute Gasteiger partial charge is 0.478 e. The lowest BCUT2D eigenvalue weighted by Gasteiger charge is -2.61. The van der Waals surface area contributed by atoms with Crippen LogP contribution in [0.1, 0.15) is 84.5 Å². The van der Waals surface area contributed by atoms with Crippen LogP contribution in [-0.2, 0) is 9.53 Å². The second kappa shape index (κ2) is 13.4. The van der Waals surface area contributed by atoms with E-state index in [9.17, 15) is 25.2 Å². The highest BCUT2D eigenvalue weighted by Gasteiger charge is 2.75. The highest BCUT2D eigenvalue weighted by atomic mass is 16.5. The number of hydrogen-bond acceptors (Lipinski definition) is 7. The molecule has 4 aliphatic carbocycles. The molecule has 0 aromatic carbocycles. The van der Waals surface area contributed by atoms with Gasteiger partial charge >= 0.3 is 5.97 Å². The first-order chi connectivity index (χ1) is 21.1. The maximum Gasteiger partial charge on any atom is 0.334 e. The van der Waals surface area contributed by atoms with Crippen LogP contribution in [-0.4, -0.2) is 95.0 Å². The maximum atomic E-state index is 13.2. The monoisotopic (exact) mass is 616 g/mol. The Hall–Kier alpha value is -1.98. The molecule has 2 bridgehead atoms. The van der Waals surface area contributed by atoms with E-state index in [-0.39, 0.29) is 48.1 Å². The third kappa shape index (κ3) is 5.52. The minimum Gasteiger partial charge on any atom is -0.478 e. The van der Waals surface area contributed by atoms with E-state index >= 15 is 0 Å². The molecular formula is C34H56N4O6. The summed E-state index contributed by atoms with van der Waals surface area (Å²) < 4.78 is 6.55. The van der Waals surface area contributed by atoms with Crippen LogP contribution in [0, 0.1) is 34.5 Å². The molecule has 5 rings (SSSR count). The average Bonchev–Trinajstić information content (AvgIpc) is 3.35. The number of allylic oxidation sites excluding steroid dienone is 1. The Morgan fingerprint density at radius 2 is 2.05 bits per heavy atom. The van der Waals surface area contributed by atoms with Crippen molar-refractivity contribution in [3.8, 4) is 0 Å². The molecule has 0 amide bonds. The van der Waals surface area contributed by atoms with Gasteiger partial charge in [-0.15, -0.1) is 0 Å². The molecule has 10 nitrogen and oxygen atoms in total. The number of rotatable bonds is 12. The fourth-order valence-corrected chi connectivity index (χ4v) is 10.3. The zero-order valence-corrected chi connectivity index (χ0v) is 27.0. The van der Waals surface area contributed by atoms with E-state index in [1.165, 1.54) is 0 Å². The first kappa shape index (κ1) is 33.4. The molecule has 0 unspecified atom stereocenters. The zero-order valence-electron chi connectivity index (χ0n) is 27.0. The SMILES string of the molecule is CCCCC[C@@H]1CC[C@@H](O)C[C@H]1OC[C@]1(O)C[C@@]23C(=C1C(=O)O)C[C@@H](CC[C@H]2C)[C@@]31CN(C(N)=NC)C=C[C@@H]1CNCCO. The first-order valence-corrected chi connectivity index (χ1v) is 17.1. The number of carbonyl (C=O) groups is 1. The van der Waals surface area contributed by atoms with E-state index in [0.29, 0.717) is 50.8 Å². The lowest BCUT2D eigenvalue weighted by atomic mass is 9.46. The summed E-state index contributed by atoms with van der Waals surface area (Å²) in [4.78, 5) is 19.4. The Kier molecular flexibility index (Phi) is 10.2. The number of aliphatic imine (C=N–C) groups is 1. The summed E-state index contributed by atoms with van der Waals surface area (Å²) in [5, 5.41) is 46.8. The Morgan fingerprint density at radius 3 is 2.75 bits per heavy atom. The number of nitrogens with one attached hydrogen (secondary N) is 1. The van der Waals surface area contributed by atoms with Crippen LogP contribution in [0.5, 0.6) is 0 Å². The number of carboxylic acid groups (broad SMARTS) is 1. The summed E-state index contributed by atoms with van der Waals surface area (Å²) >= 11 is 0. The van der Waals surface area contributed by atoms with Gasteiger partial charge < -0.3 is 41.1 Å². The van der Waals surface area contributed by atoms with Gasteiger partial charge in [0.05, 0.1) is 31.0 Å². The van der Waals surface area contributed by atoms with Crippen molar-refractivity contribution < 1.29 is 30.0 Å². The van der Waals surface area contributed by atoms with Gasteiger partial charge in [-0.1, -0.05) is 39.2 Å². The minimum atomic E-state index is -1.64. The van der Waals surface area contributed by atoms with Crippen molar-refractivity contribution in [3.63, 3.8) is 0 Å². The van der Waals surface area contributed by atoms with Gasteiger partial charge in [0.15, 0.2) is 5.96 Å². The number of carboxylic acids is 1. The molecule has 0 aromatic rings. The standard InChI is InChI=1S/C34H56N4O6/c1-4-5-6-7-23-9-11-26(40)17-28(23)44-21-32(43)19-33-22(2)8-10-24(16-27(33)29(32)30(41)42)34(33)20-38(31(35)36-3)14-12-25(34)18-37-13-15-39/h12,14,22-26,28,37,39-40,43H,4-11,13,15-21H2,1-3H3,(H2,35,36)(H,41,42)/t22-,23-,24-,25-,26-,28-,32-,33+,34-/m1/s1. The molecule has 2 spiro atoms. The number of aliphatic hydroxyl groups excluding tert-OH is 2. The molecule has 44 heavy (non-hydrogen) atoms. The Balaban J connectivity index is 1.52. The molecule has 7 N–H and O–H groups in total. The van der Waals surface area contributed by atoms with Gasteiger partial charge in [-0.05, 0) is 80.6 Å². The predicted octanol–water partition coefficient (Wildman–Crippen LogP) is 3.02. The van der Waals surface area contributed by atoms with E-state index in [1.54, 1.807) is 7.05 Å². The highest BCUT2D eigenvalue weighted by Crippen LogP contribution is 2.77. The van der Waals surface area contributed by atoms with Crippen molar-refractivity contribution in [2.45, 2.75) is 102 Å². The van der Waals surface area contributed by atoms with Gasteiger partial charge in [0, 0.05) is 43.7 Å². The molecule has 3 saturated carbocycles. The second-order valence-corrected chi connectivity index (χ2v) is 14.4. The number of aliphatic carboxylic acids is 1. The lowest BCUT2D eigenvalue weighted by Crippen LogP contribution is -2.62. The summed E-state index contributed by atoms with van der Waals surface area (Å²) in [6.45, 7) is 6.08. The molecule has 10 heteroatoms. The topological polar surface area (TPSA) is 161 Å². The first-order valence-electron chi connectivity index (χ1n) is 17.1. The van der Waals surface area contributed by atoms with Crippen molar-refractivity contribution >= 4 is 11.9 Å². The Bertz CT molecular complexity index is 1140. The quantitative estimate of drug-likeness (QED) is 0.110. The van der Waals surface area contributed by atoms with E-state index in [4.69, 9.17) is 10.5 Å². The van der Waals surface area contributed by atoms with Crippen LogP contribution in [0.3, 0.4) is 0 Å². The molecule has 9 atom stereocenters. The lowest BCUT2D eigenvalue weighted by molar-refractivity contribution is -0.147.